The maximum Gasteiger partial charge on any atom is 0.0974 e. The van der Waals surface area contributed by atoms with E-state index in [9.17, 15) is 0 Å². The van der Waals surface area contributed by atoms with Crippen LogP contribution in [0, 0.1) is 0 Å². The van der Waals surface area contributed by atoms with E-state index in [2.05, 4.69) is 45.2 Å². The summed E-state index contributed by atoms with van der Waals surface area (Å²) in [6.45, 7) is 0. The molecule has 0 amide bonds. The van der Waals surface area contributed by atoms with Gasteiger partial charge in [0, 0.05) is 16.4 Å². The van der Waals surface area contributed by atoms with E-state index < -0.39 is 0 Å². The van der Waals surface area contributed by atoms with E-state index in [1.54, 1.807) is 11.8 Å². The van der Waals surface area contributed by atoms with Crippen LogP contribution in [0.3, 0.4) is 0 Å². The Labute approximate surface area is 102 Å². The third-order valence-corrected chi connectivity index (χ3v) is 3.42. The SMILES string of the molecule is Brc1ccnc(SCc2ccccc2)c1. The molecule has 2 rings (SSSR count). The van der Waals surface area contributed by atoms with Crippen molar-refractivity contribution in [2.75, 3.05) is 0 Å². The molecule has 1 nitrogen and oxygen atoms in total. The average molecular weight is 280 g/mol. The summed E-state index contributed by atoms with van der Waals surface area (Å²) in [4.78, 5) is 4.29. The van der Waals surface area contributed by atoms with Gasteiger partial charge < -0.3 is 0 Å². The highest BCUT2D eigenvalue weighted by molar-refractivity contribution is 9.10. The van der Waals surface area contributed by atoms with Crippen molar-refractivity contribution in [2.24, 2.45) is 0 Å². The lowest BCUT2D eigenvalue weighted by Crippen LogP contribution is -1.82. The van der Waals surface area contributed by atoms with E-state index in [-0.39, 0.29) is 0 Å². The average Bonchev–Trinajstić information content (AvgIpc) is 2.28. The monoisotopic (exact) mass is 279 g/mol. The van der Waals surface area contributed by atoms with Crippen molar-refractivity contribution in [2.45, 2.75) is 10.8 Å². The fourth-order valence-corrected chi connectivity index (χ4v) is 2.53. The quantitative estimate of drug-likeness (QED) is 0.784. The van der Waals surface area contributed by atoms with Crippen molar-refractivity contribution >= 4 is 27.7 Å². The first-order valence-electron chi connectivity index (χ1n) is 4.63. The molecule has 1 aromatic carbocycles. The summed E-state index contributed by atoms with van der Waals surface area (Å²) in [6, 6.07) is 14.4. The molecule has 0 fully saturated rings. The highest BCUT2D eigenvalue weighted by Crippen LogP contribution is 2.22. The molecule has 0 atom stereocenters. The highest BCUT2D eigenvalue weighted by atomic mass is 79.9. The number of aromatic nitrogens is 1. The minimum Gasteiger partial charge on any atom is -0.250 e. The second-order valence-corrected chi connectivity index (χ2v) is 5.00. The van der Waals surface area contributed by atoms with Gasteiger partial charge >= 0.3 is 0 Å². The molecule has 0 radical (unpaired) electrons. The van der Waals surface area contributed by atoms with Crippen LogP contribution < -0.4 is 0 Å². The van der Waals surface area contributed by atoms with Gasteiger partial charge in [-0.1, -0.05) is 46.3 Å². The molecule has 1 aromatic heterocycles. The van der Waals surface area contributed by atoms with Gasteiger partial charge in [-0.25, -0.2) is 4.98 Å². The van der Waals surface area contributed by atoms with E-state index in [0.717, 1.165) is 15.3 Å². The Kier molecular flexibility index (Phi) is 3.80. The van der Waals surface area contributed by atoms with Crippen LogP contribution in [0.4, 0.5) is 0 Å². The van der Waals surface area contributed by atoms with Gasteiger partial charge in [0.2, 0.25) is 0 Å². The number of thioether (sulfide) groups is 1. The second kappa shape index (κ2) is 5.33. The largest absolute Gasteiger partial charge is 0.250 e. The molecule has 0 saturated carbocycles. The summed E-state index contributed by atoms with van der Waals surface area (Å²) < 4.78 is 1.08. The van der Waals surface area contributed by atoms with Gasteiger partial charge in [-0.15, -0.1) is 11.8 Å². The minimum absolute atomic E-state index is 0.963. The first-order chi connectivity index (χ1) is 7.34. The zero-order valence-corrected chi connectivity index (χ0v) is 10.5. The molecule has 0 spiro atoms. The predicted octanol–water partition coefficient (Wildman–Crippen LogP) is 4.14. The summed E-state index contributed by atoms with van der Waals surface area (Å²) in [6.07, 6.45) is 1.82. The molecule has 2 aromatic rings. The molecule has 3 heteroatoms. The van der Waals surface area contributed by atoms with Crippen LogP contribution in [0.15, 0.2) is 58.2 Å². The van der Waals surface area contributed by atoms with Crippen molar-refractivity contribution in [1.82, 2.24) is 4.98 Å². The third-order valence-electron chi connectivity index (χ3n) is 1.93. The van der Waals surface area contributed by atoms with E-state index in [4.69, 9.17) is 0 Å². The summed E-state index contributed by atoms with van der Waals surface area (Å²) in [5.74, 6) is 0.963. The standard InChI is InChI=1S/C12H10BrNS/c13-11-6-7-14-12(8-11)15-9-10-4-2-1-3-5-10/h1-8H,9H2. The lowest BCUT2D eigenvalue weighted by Gasteiger charge is -2.01. The Morgan fingerprint density at radius 3 is 2.67 bits per heavy atom. The highest BCUT2D eigenvalue weighted by Gasteiger charge is 1.97. The number of halogens is 1. The number of benzene rings is 1. The molecule has 0 N–H and O–H groups in total. The second-order valence-electron chi connectivity index (χ2n) is 3.09. The van der Waals surface area contributed by atoms with Crippen molar-refractivity contribution in [3.8, 4) is 0 Å². The summed E-state index contributed by atoms with van der Waals surface area (Å²) in [5.41, 5.74) is 1.32. The van der Waals surface area contributed by atoms with E-state index in [1.807, 2.05) is 24.4 Å². The Morgan fingerprint density at radius 1 is 1.13 bits per heavy atom. The van der Waals surface area contributed by atoms with Crippen LogP contribution in [0.1, 0.15) is 5.56 Å². The van der Waals surface area contributed by atoms with E-state index >= 15 is 0 Å². The molecule has 0 unspecified atom stereocenters. The van der Waals surface area contributed by atoms with Crippen LogP contribution in [0.2, 0.25) is 0 Å². The van der Waals surface area contributed by atoms with Gasteiger partial charge in [-0.3, -0.25) is 0 Å². The topological polar surface area (TPSA) is 12.9 Å². The van der Waals surface area contributed by atoms with E-state index in [1.165, 1.54) is 5.56 Å². The fourth-order valence-electron chi connectivity index (χ4n) is 1.20. The van der Waals surface area contributed by atoms with Crippen LogP contribution in [0.5, 0.6) is 0 Å². The third kappa shape index (κ3) is 3.36. The van der Waals surface area contributed by atoms with E-state index in [0.29, 0.717) is 0 Å². The minimum atomic E-state index is 0.963. The first kappa shape index (κ1) is 10.7. The van der Waals surface area contributed by atoms with Crippen molar-refractivity contribution in [3.05, 3.63) is 58.7 Å². The predicted molar refractivity (Wildman–Crippen MR) is 67.9 cm³/mol. The molecule has 0 aliphatic carbocycles. The smallest absolute Gasteiger partial charge is 0.0974 e. The zero-order valence-electron chi connectivity index (χ0n) is 8.06. The lowest BCUT2D eigenvalue weighted by atomic mass is 10.2. The normalized spacial score (nSPS) is 10.2. The maximum absolute atomic E-state index is 4.29. The summed E-state index contributed by atoms with van der Waals surface area (Å²) in [7, 11) is 0. The molecule has 15 heavy (non-hydrogen) atoms. The van der Waals surface area contributed by atoms with Gasteiger partial charge in [-0.05, 0) is 17.7 Å². The maximum atomic E-state index is 4.29. The Bertz CT molecular complexity index is 431. The molecular weight excluding hydrogens is 270 g/mol. The van der Waals surface area contributed by atoms with Gasteiger partial charge in [0.1, 0.15) is 0 Å². The Balaban J connectivity index is 1.99. The first-order valence-corrected chi connectivity index (χ1v) is 6.41. The van der Waals surface area contributed by atoms with Crippen LogP contribution in [0.25, 0.3) is 0 Å². The molecule has 1 heterocycles. The van der Waals surface area contributed by atoms with Gasteiger partial charge in [-0.2, -0.15) is 0 Å². The van der Waals surface area contributed by atoms with Gasteiger partial charge in [0.15, 0.2) is 0 Å². The molecule has 0 aliphatic heterocycles. The summed E-state index contributed by atoms with van der Waals surface area (Å²) >= 11 is 5.18. The van der Waals surface area contributed by atoms with Gasteiger partial charge in [0.05, 0.1) is 5.03 Å². The number of hydrogen-bond acceptors (Lipinski definition) is 2. The van der Waals surface area contributed by atoms with Gasteiger partial charge in [0.25, 0.3) is 0 Å². The van der Waals surface area contributed by atoms with Crippen molar-refractivity contribution in [1.29, 1.82) is 0 Å². The van der Waals surface area contributed by atoms with Crippen LogP contribution >= 0.6 is 27.7 Å². The number of rotatable bonds is 3. The zero-order chi connectivity index (χ0) is 10.5. The molecule has 76 valence electrons. The lowest BCUT2D eigenvalue weighted by molar-refractivity contribution is 1.12. The number of pyridine rings is 1. The number of nitrogens with zero attached hydrogens (tertiary/aromatic N) is 1. The molecule has 0 saturated heterocycles. The summed E-state index contributed by atoms with van der Waals surface area (Å²) in [5, 5.41) is 1.05. The van der Waals surface area contributed by atoms with Crippen LogP contribution in [-0.2, 0) is 5.75 Å². The molecular formula is C12H10BrNS. The Morgan fingerprint density at radius 2 is 1.93 bits per heavy atom. The molecule has 0 aliphatic rings. The van der Waals surface area contributed by atoms with Crippen molar-refractivity contribution < 1.29 is 0 Å². The molecule has 0 bridgehead atoms. The number of hydrogen-bond donors (Lipinski definition) is 0. The van der Waals surface area contributed by atoms with Crippen LogP contribution in [-0.4, -0.2) is 4.98 Å². The Hall–Kier alpha value is -0.800. The van der Waals surface area contributed by atoms with Crippen molar-refractivity contribution in [3.63, 3.8) is 0 Å². The fraction of sp³-hybridized carbons (Fsp3) is 0.0833.